The van der Waals surface area contributed by atoms with Gasteiger partial charge < -0.3 is 9.32 Å². The normalized spacial score (nSPS) is 11.0. The van der Waals surface area contributed by atoms with Crippen LogP contribution >= 0.6 is 23.2 Å². The van der Waals surface area contributed by atoms with Crippen molar-refractivity contribution in [2.24, 2.45) is 0 Å². The minimum absolute atomic E-state index is 0.0118. The van der Waals surface area contributed by atoms with Crippen LogP contribution in [-0.4, -0.2) is 21.9 Å². The molecule has 0 fully saturated rings. The number of pyridine rings is 1. The minimum atomic E-state index is -0.0118. The summed E-state index contributed by atoms with van der Waals surface area (Å²) >= 11 is 12.1. The number of aryl methyl sites for hydroxylation is 1. The van der Waals surface area contributed by atoms with Gasteiger partial charge >= 0.3 is 0 Å². The number of carbonyl (C=O) groups is 1. The zero-order chi connectivity index (χ0) is 19.4. The van der Waals surface area contributed by atoms with E-state index in [4.69, 9.17) is 27.6 Å². The third kappa shape index (κ3) is 4.67. The van der Waals surface area contributed by atoms with E-state index >= 15 is 0 Å². The summed E-state index contributed by atoms with van der Waals surface area (Å²) in [7, 11) is 0. The van der Waals surface area contributed by atoms with Crippen molar-refractivity contribution in [3.05, 3.63) is 64.9 Å². The largest absolute Gasteiger partial charge is 0.441 e. The smallest absolute Gasteiger partial charge is 0.227 e. The zero-order valence-corrected chi connectivity index (χ0v) is 16.5. The Labute approximate surface area is 167 Å². The van der Waals surface area contributed by atoms with Gasteiger partial charge in [0.1, 0.15) is 0 Å². The summed E-state index contributed by atoms with van der Waals surface area (Å²) in [6.45, 7) is 3.94. The van der Waals surface area contributed by atoms with E-state index in [0.29, 0.717) is 33.7 Å². The van der Waals surface area contributed by atoms with Gasteiger partial charge in [0.25, 0.3) is 0 Å². The number of nitrogens with zero attached hydrogens (tertiary/aromatic N) is 3. The maximum absolute atomic E-state index is 12.7. The average molecular weight is 404 g/mol. The summed E-state index contributed by atoms with van der Waals surface area (Å²) in [4.78, 5) is 22.8. The molecular formula is C20H19Cl2N3O2. The number of hydrogen-bond acceptors (Lipinski definition) is 4. The fourth-order valence-electron chi connectivity index (χ4n) is 2.80. The molecule has 0 spiro atoms. The Morgan fingerprint density at radius 3 is 2.70 bits per heavy atom. The van der Waals surface area contributed by atoms with Gasteiger partial charge in [0.15, 0.2) is 11.7 Å². The van der Waals surface area contributed by atoms with Gasteiger partial charge in [-0.3, -0.25) is 9.78 Å². The summed E-state index contributed by atoms with van der Waals surface area (Å²) in [5, 5.41) is 1.04. The van der Waals surface area contributed by atoms with Crippen LogP contribution in [-0.2, 0) is 11.2 Å². The van der Waals surface area contributed by atoms with Gasteiger partial charge in [-0.2, -0.15) is 0 Å². The second kappa shape index (κ2) is 8.55. The Hall–Kier alpha value is -2.37. The number of hydrogen-bond donors (Lipinski definition) is 0. The highest BCUT2D eigenvalue weighted by atomic mass is 35.5. The van der Waals surface area contributed by atoms with Gasteiger partial charge in [-0.1, -0.05) is 23.2 Å². The quantitative estimate of drug-likeness (QED) is 0.551. The van der Waals surface area contributed by atoms with Crippen molar-refractivity contribution in [3.63, 3.8) is 0 Å². The molecule has 0 atom stereocenters. The van der Waals surface area contributed by atoms with Gasteiger partial charge in [0.05, 0.1) is 23.1 Å². The van der Waals surface area contributed by atoms with Crippen LogP contribution in [0.4, 0.5) is 5.69 Å². The van der Waals surface area contributed by atoms with E-state index in [2.05, 4.69) is 9.97 Å². The molecule has 0 saturated carbocycles. The molecule has 3 aromatic rings. The van der Waals surface area contributed by atoms with E-state index in [1.54, 1.807) is 41.7 Å². The highest BCUT2D eigenvalue weighted by Gasteiger charge is 2.20. The predicted molar refractivity (Wildman–Crippen MR) is 107 cm³/mol. The van der Waals surface area contributed by atoms with E-state index in [0.717, 1.165) is 5.69 Å². The molecule has 0 aliphatic rings. The monoisotopic (exact) mass is 403 g/mol. The van der Waals surface area contributed by atoms with E-state index in [-0.39, 0.29) is 18.4 Å². The standard InChI is InChI=1S/C20H19Cl2N3O2/c1-13(2)25(15-4-3-9-23-11-15)20(26)8-7-19-24-12-18(27-19)16-6-5-14(21)10-17(16)22/h3-6,9-13H,7-8H2,1-2H3. The highest BCUT2D eigenvalue weighted by Crippen LogP contribution is 2.31. The lowest BCUT2D eigenvalue weighted by Gasteiger charge is -2.26. The minimum Gasteiger partial charge on any atom is -0.441 e. The first-order chi connectivity index (χ1) is 13.0. The lowest BCUT2D eigenvalue weighted by molar-refractivity contribution is -0.119. The summed E-state index contributed by atoms with van der Waals surface area (Å²) < 4.78 is 5.77. The van der Waals surface area contributed by atoms with Crippen molar-refractivity contribution >= 4 is 34.8 Å². The molecule has 140 valence electrons. The Bertz CT molecular complexity index is 926. The van der Waals surface area contributed by atoms with Crippen molar-refractivity contribution in [1.29, 1.82) is 0 Å². The third-order valence-corrected chi connectivity index (χ3v) is 4.56. The molecule has 5 nitrogen and oxygen atoms in total. The molecule has 3 rings (SSSR count). The molecule has 0 aliphatic carbocycles. The highest BCUT2D eigenvalue weighted by molar-refractivity contribution is 6.36. The van der Waals surface area contributed by atoms with Gasteiger partial charge in [-0.25, -0.2) is 4.98 Å². The van der Waals surface area contributed by atoms with E-state index in [1.807, 2.05) is 26.0 Å². The Morgan fingerprint density at radius 2 is 2.04 bits per heavy atom. The summed E-state index contributed by atoms with van der Waals surface area (Å²) in [5.41, 5.74) is 1.49. The molecule has 1 aromatic carbocycles. The van der Waals surface area contributed by atoms with Crippen LogP contribution in [0.5, 0.6) is 0 Å². The zero-order valence-electron chi connectivity index (χ0n) is 15.0. The van der Waals surface area contributed by atoms with Crippen molar-refractivity contribution in [1.82, 2.24) is 9.97 Å². The topological polar surface area (TPSA) is 59.2 Å². The number of anilines is 1. The molecule has 1 amide bonds. The van der Waals surface area contributed by atoms with Gasteiger partial charge in [-0.15, -0.1) is 0 Å². The molecule has 2 aromatic heterocycles. The predicted octanol–water partition coefficient (Wildman–Crippen LogP) is 5.42. The number of halogens is 2. The lowest BCUT2D eigenvalue weighted by atomic mass is 10.2. The molecule has 0 aliphatic heterocycles. The van der Waals surface area contributed by atoms with Crippen LogP contribution in [0.25, 0.3) is 11.3 Å². The number of aromatic nitrogens is 2. The van der Waals surface area contributed by atoms with E-state index in [1.165, 1.54) is 0 Å². The second-order valence-electron chi connectivity index (χ2n) is 6.31. The Balaban J connectivity index is 1.69. The molecule has 0 unspecified atom stereocenters. The van der Waals surface area contributed by atoms with Crippen LogP contribution in [0.1, 0.15) is 26.2 Å². The Morgan fingerprint density at radius 1 is 1.22 bits per heavy atom. The van der Waals surface area contributed by atoms with Crippen LogP contribution in [0, 0.1) is 0 Å². The van der Waals surface area contributed by atoms with Crippen molar-refractivity contribution in [2.75, 3.05) is 4.90 Å². The summed E-state index contributed by atoms with van der Waals surface area (Å²) in [6, 6.07) is 8.88. The molecule has 0 radical (unpaired) electrons. The van der Waals surface area contributed by atoms with Crippen LogP contribution in [0.3, 0.4) is 0 Å². The molecule has 2 heterocycles. The molecule has 27 heavy (non-hydrogen) atoms. The van der Waals surface area contributed by atoms with E-state index in [9.17, 15) is 4.79 Å². The van der Waals surface area contributed by atoms with Crippen molar-refractivity contribution < 1.29 is 9.21 Å². The first-order valence-corrected chi connectivity index (χ1v) is 9.33. The van der Waals surface area contributed by atoms with Gasteiger partial charge in [0, 0.05) is 35.7 Å². The first-order valence-electron chi connectivity index (χ1n) is 8.58. The number of amides is 1. The number of carbonyl (C=O) groups excluding carboxylic acids is 1. The maximum Gasteiger partial charge on any atom is 0.227 e. The maximum atomic E-state index is 12.7. The van der Waals surface area contributed by atoms with Crippen LogP contribution < -0.4 is 4.90 Å². The average Bonchev–Trinajstić information content (AvgIpc) is 3.09. The number of rotatable bonds is 6. The van der Waals surface area contributed by atoms with Crippen molar-refractivity contribution in [3.8, 4) is 11.3 Å². The summed E-state index contributed by atoms with van der Waals surface area (Å²) in [6.07, 6.45) is 5.65. The fourth-order valence-corrected chi connectivity index (χ4v) is 3.30. The van der Waals surface area contributed by atoms with E-state index < -0.39 is 0 Å². The summed E-state index contributed by atoms with van der Waals surface area (Å²) in [5.74, 6) is 1.02. The van der Waals surface area contributed by atoms with Crippen molar-refractivity contribution in [2.45, 2.75) is 32.7 Å². The SMILES string of the molecule is CC(C)N(C(=O)CCc1ncc(-c2ccc(Cl)cc2Cl)o1)c1cccnc1. The second-order valence-corrected chi connectivity index (χ2v) is 7.15. The molecule has 0 bridgehead atoms. The molecule has 7 heteroatoms. The first kappa shape index (κ1) is 19.4. The Kier molecular flexibility index (Phi) is 6.14. The fraction of sp³-hybridized carbons (Fsp3) is 0.250. The molecule has 0 saturated heterocycles. The van der Waals surface area contributed by atoms with Crippen LogP contribution in [0.2, 0.25) is 10.0 Å². The third-order valence-electron chi connectivity index (χ3n) is 4.01. The van der Waals surface area contributed by atoms with Gasteiger partial charge in [0.2, 0.25) is 5.91 Å². The van der Waals surface area contributed by atoms with Gasteiger partial charge in [-0.05, 0) is 44.2 Å². The molecule has 0 N–H and O–H groups in total. The number of benzene rings is 1. The molecular weight excluding hydrogens is 385 g/mol. The lowest BCUT2D eigenvalue weighted by Crippen LogP contribution is -2.37. The van der Waals surface area contributed by atoms with Crippen LogP contribution in [0.15, 0.2) is 53.3 Å². The number of oxazole rings is 1.